The molecule has 0 aliphatic heterocycles. The van der Waals surface area contributed by atoms with E-state index in [9.17, 15) is 0 Å². The molecule has 2 fully saturated rings. The summed E-state index contributed by atoms with van der Waals surface area (Å²) in [6.45, 7) is 4.87. The Bertz CT molecular complexity index is 190. The first-order valence-corrected chi connectivity index (χ1v) is 7.81. The molecule has 0 N–H and O–H groups in total. The molecule has 0 bridgehead atoms. The van der Waals surface area contributed by atoms with Gasteiger partial charge in [0.05, 0.1) is 0 Å². The van der Waals surface area contributed by atoms with E-state index in [0.29, 0.717) is 0 Å². The Kier molecular flexibility index (Phi) is 4.73. The lowest BCUT2D eigenvalue weighted by atomic mass is 9.66. The minimum absolute atomic E-state index is 1.01. The van der Waals surface area contributed by atoms with Gasteiger partial charge in [0, 0.05) is 0 Å². The van der Waals surface area contributed by atoms with Gasteiger partial charge in [-0.25, -0.2) is 0 Å². The second kappa shape index (κ2) is 6.07. The van der Waals surface area contributed by atoms with Crippen molar-refractivity contribution < 1.29 is 0 Å². The molecule has 2 aliphatic carbocycles. The predicted molar refractivity (Wildman–Crippen MR) is 71.5 cm³/mol. The molecule has 94 valence electrons. The Labute approximate surface area is 102 Å². The monoisotopic (exact) mass is 222 g/mol. The quantitative estimate of drug-likeness (QED) is 0.598. The highest BCUT2D eigenvalue weighted by Gasteiger charge is 2.31. The third-order valence-electron chi connectivity index (χ3n) is 5.36. The van der Waals surface area contributed by atoms with E-state index in [2.05, 4.69) is 13.8 Å². The van der Waals surface area contributed by atoms with Gasteiger partial charge in [0.2, 0.25) is 0 Å². The van der Waals surface area contributed by atoms with Crippen LogP contribution >= 0.6 is 0 Å². The van der Waals surface area contributed by atoms with E-state index in [-0.39, 0.29) is 0 Å². The topological polar surface area (TPSA) is 0 Å². The Hall–Kier alpha value is 0. The van der Waals surface area contributed by atoms with Gasteiger partial charge < -0.3 is 0 Å². The maximum absolute atomic E-state index is 2.52. The van der Waals surface area contributed by atoms with Gasteiger partial charge in [0.25, 0.3) is 0 Å². The Balaban J connectivity index is 1.81. The van der Waals surface area contributed by atoms with Crippen LogP contribution in [-0.4, -0.2) is 0 Å². The van der Waals surface area contributed by atoms with Gasteiger partial charge in [-0.05, 0) is 42.9 Å². The molecule has 0 aromatic heterocycles. The summed E-state index contributed by atoms with van der Waals surface area (Å²) >= 11 is 0. The van der Waals surface area contributed by atoms with Crippen LogP contribution in [0.15, 0.2) is 0 Å². The molecule has 0 saturated heterocycles. The van der Waals surface area contributed by atoms with Crippen LogP contribution in [0.3, 0.4) is 0 Å². The third kappa shape index (κ3) is 3.02. The van der Waals surface area contributed by atoms with E-state index in [1.165, 1.54) is 38.5 Å². The molecule has 0 radical (unpaired) electrons. The molecule has 0 heteroatoms. The molecule has 2 aliphatic rings. The Morgan fingerprint density at radius 3 is 2.25 bits per heavy atom. The average Bonchev–Trinajstić information content (AvgIpc) is 2.33. The van der Waals surface area contributed by atoms with Gasteiger partial charge in [-0.15, -0.1) is 0 Å². The molecule has 3 atom stereocenters. The summed E-state index contributed by atoms with van der Waals surface area (Å²) in [6, 6.07) is 0. The predicted octanol–water partition coefficient (Wildman–Crippen LogP) is 5.42. The summed E-state index contributed by atoms with van der Waals surface area (Å²) in [5, 5.41) is 0. The largest absolute Gasteiger partial charge is 0.0654 e. The Morgan fingerprint density at radius 2 is 1.62 bits per heavy atom. The van der Waals surface area contributed by atoms with E-state index in [4.69, 9.17) is 0 Å². The zero-order chi connectivity index (χ0) is 11.4. The minimum Gasteiger partial charge on any atom is -0.0654 e. The summed E-state index contributed by atoms with van der Waals surface area (Å²) in [7, 11) is 0. The molecular weight excluding hydrogens is 192 g/mol. The molecule has 0 heterocycles. The lowest BCUT2D eigenvalue weighted by molar-refractivity contribution is 0.118. The van der Waals surface area contributed by atoms with Crippen LogP contribution in [0.1, 0.15) is 78.1 Å². The van der Waals surface area contributed by atoms with Crippen LogP contribution in [0.5, 0.6) is 0 Å². The maximum Gasteiger partial charge on any atom is -0.0383 e. The van der Waals surface area contributed by atoms with E-state index < -0.39 is 0 Å². The fraction of sp³-hybridized carbons (Fsp3) is 1.00. The highest BCUT2D eigenvalue weighted by atomic mass is 14.4. The second-order valence-electron chi connectivity index (χ2n) is 6.50. The average molecular weight is 222 g/mol. The molecule has 0 aromatic rings. The van der Waals surface area contributed by atoms with Crippen molar-refractivity contribution in [1.82, 2.24) is 0 Å². The highest BCUT2D eigenvalue weighted by Crippen LogP contribution is 2.43. The van der Waals surface area contributed by atoms with Crippen molar-refractivity contribution in [3.63, 3.8) is 0 Å². The van der Waals surface area contributed by atoms with Crippen molar-refractivity contribution in [1.29, 1.82) is 0 Å². The van der Waals surface area contributed by atoms with Crippen molar-refractivity contribution in [3.8, 4) is 0 Å². The molecular formula is C16H30. The number of hydrogen-bond donors (Lipinski definition) is 0. The van der Waals surface area contributed by atoms with Gasteiger partial charge >= 0.3 is 0 Å². The summed E-state index contributed by atoms with van der Waals surface area (Å²) in [5.41, 5.74) is 0. The highest BCUT2D eigenvalue weighted by molar-refractivity contribution is 4.82. The van der Waals surface area contributed by atoms with Crippen molar-refractivity contribution in [2.24, 2.45) is 23.7 Å². The Morgan fingerprint density at radius 1 is 0.875 bits per heavy atom. The molecule has 0 nitrogen and oxygen atoms in total. The van der Waals surface area contributed by atoms with E-state index in [1.54, 1.807) is 25.7 Å². The summed E-state index contributed by atoms with van der Waals surface area (Å²) < 4.78 is 0. The fourth-order valence-electron chi connectivity index (χ4n) is 4.33. The van der Waals surface area contributed by atoms with Crippen LogP contribution in [0.2, 0.25) is 0 Å². The van der Waals surface area contributed by atoms with E-state index >= 15 is 0 Å². The number of rotatable bonds is 3. The van der Waals surface area contributed by atoms with Crippen molar-refractivity contribution in [2.75, 3.05) is 0 Å². The molecule has 2 saturated carbocycles. The summed E-state index contributed by atoms with van der Waals surface area (Å²) in [4.78, 5) is 0. The van der Waals surface area contributed by atoms with E-state index in [1.807, 2.05) is 0 Å². The van der Waals surface area contributed by atoms with Crippen molar-refractivity contribution >= 4 is 0 Å². The van der Waals surface area contributed by atoms with Crippen molar-refractivity contribution in [3.05, 3.63) is 0 Å². The first-order valence-electron chi connectivity index (χ1n) is 7.81. The molecule has 2 rings (SSSR count). The summed E-state index contributed by atoms with van der Waals surface area (Å²) in [5.74, 6) is 4.28. The van der Waals surface area contributed by atoms with Gasteiger partial charge in [-0.2, -0.15) is 0 Å². The maximum atomic E-state index is 2.52. The standard InChI is InChI=1S/C16H30/c1-3-7-14-10-11-16(12-13(14)2)15-8-5-4-6-9-15/h13-16H,3-12H2,1-2H3. The molecule has 0 spiro atoms. The fourth-order valence-corrected chi connectivity index (χ4v) is 4.33. The first-order chi connectivity index (χ1) is 7.81. The normalized spacial score (nSPS) is 37.5. The van der Waals surface area contributed by atoms with E-state index in [0.717, 1.165) is 23.7 Å². The summed E-state index contributed by atoms with van der Waals surface area (Å²) in [6.07, 6.45) is 15.2. The first kappa shape index (κ1) is 12.5. The molecule has 3 unspecified atom stereocenters. The van der Waals surface area contributed by atoms with Crippen molar-refractivity contribution in [2.45, 2.75) is 78.1 Å². The van der Waals surface area contributed by atoms with Gasteiger partial charge in [-0.1, -0.05) is 58.8 Å². The number of hydrogen-bond acceptors (Lipinski definition) is 0. The SMILES string of the molecule is CCCC1CCC(C2CCCCC2)CC1C. The zero-order valence-electron chi connectivity index (χ0n) is 11.4. The van der Waals surface area contributed by atoms with Gasteiger partial charge in [0.1, 0.15) is 0 Å². The smallest absolute Gasteiger partial charge is 0.0383 e. The molecule has 16 heavy (non-hydrogen) atoms. The molecule has 0 amide bonds. The second-order valence-corrected chi connectivity index (χ2v) is 6.50. The van der Waals surface area contributed by atoms with Crippen LogP contribution in [-0.2, 0) is 0 Å². The van der Waals surface area contributed by atoms with Crippen LogP contribution < -0.4 is 0 Å². The third-order valence-corrected chi connectivity index (χ3v) is 5.36. The van der Waals surface area contributed by atoms with Crippen LogP contribution in [0.4, 0.5) is 0 Å². The lowest BCUT2D eigenvalue weighted by Crippen LogP contribution is -2.28. The zero-order valence-corrected chi connectivity index (χ0v) is 11.4. The van der Waals surface area contributed by atoms with Gasteiger partial charge in [0.15, 0.2) is 0 Å². The lowest BCUT2D eigenvalue weighted by Gasteiger charge is -2.39. The minimum atomic E-state index is 1.01. The van der Waals surface area contributed by atoms with Crippen LogP contribution in [0.25, 0.3) is 0 Å². The van der Waals surface area contributed by atoms with Crippen LogP contribution in [0, 0.1) is 23.7 Å². The molecule has 0 aromatic carbocycles. The van der Waals surface area contributed by atoms with Gasteiger partial charge in [-0.3, -0.25) is 0 Å².